The number of aromatic nitrogens is 2. The number of rotatable bonds is 4. The van der Waals surface area contributed by atoms with Crippen LogP contribution in [-0.2, 0) is 6.54 Å². The highest BCUT2D eigenvalue weighted by atomic mass is 15.1. The van der Waals surface area contributed by atoms with Gasteiger partial charge in [-0.25, -0.2) is 4.98 Å². The lowest BCUT2D eigenvalue weighted by molar-refractivity contribution is 0.808. The fraction of sp³-hybridized carbons (Fsp3) is 0.167. The van der Waals surface area contributed by atoms with E-state index in [-0.39, 0.29) is 0 Å². The topological polar surface area (TPSA) is 29.9 Å². The molecular formula is C18H19N3. The summed E-state index contributed by atoms with van der Waals surface area (Å²) in [6.07, 6.45) is 3.80. The Morgan fingerprint density at radius 3 is 2.76 bits per heavy atom. The fourth-order valence-electron chi connectivity index (χ4n) is 2.59. The Balaban J connectivity index is 2.11. The van der Waals surface area contributed by atoms with E-state index >= 15 is 0 Å². The van der Waals surface area contributed by atoms with Crippen LogP contribution < -0.4 is 5.32 Å². The van der Waals surface area contributed by atoms with Gasteiger partial charge in [-0.2, -0.15) is 0 Å². The molecule has 3 nitrogen and oxygen atoms in total. The quantitative estimate of drug-likeness (QED) is 0.790. The highest BCUT2D eigenvalue weighted by Gasteiger charge is 2.10. The third kappa shape index (κ3) is 2.73. The highest BCUT2D eigenvalue weighted by Crippen LogP contribution is 2.25. The van der Waals surface area contributed by atoms with Gasteiger partial charge < -0.3 is 5.32 Å². The van der Waals surface area contributed by atoms with Crippen molar-refractivity contribution < 1.29 is 0 Å². The molecule has 3 rings (SSSR count). The minimum absolute atomic E-state index is 0.835. The summed E-state index contributed by atoms with van der Waals surface area (Å²) >= 11 is 0. The normalized spacial score (nSPS) is 10.8. The molecular weight excluding hydrogens is 258 g/mol. The number of hydrogen-bond donors (Lipinski definition) is 1. The summed E-state index contributed by atoms with van der Waals surface area (Å²) < 4.78 is 2.15. The Bertz CT molecular complexity index is 743. The smallest absolute Gasteiger partial charge is 0.0997 e. The molecule has 1 heterocycles. The van der Waals surface area contributed by atoms with Crippen LogP contribution in [0.1, 0.15) is 11.1 Å². The molecule has 1 aromatic heterocycles. The molecule has 0 unspecified atom stereocenters. The minimum Gasteiger partial charge on any atom is -0.316 e. The van der Waals surface area contributed by atoms with Crippen molar-refractivity contribution in [3.63, 3.8) is 0 Å². The maximum atomic E-state index is 4.35. The van der Waals surface area contributed by atoms with E-state index in [0.717, 1.165) is 12.2 Å². The SMILES string of the molecule is CNCc1ccccc1-n1cncc1-c1cccc(C)c1. The van der Waals surface area contributed by atoms with Crippen molar-refractivity contribution in [2.45, 2.75) is 13.5 Å². The minimum atomic E-state index is 0.835. The van der Waals surface area contributed by atoms with E-state index in [0.29, 0.717) is 0 Å². The molecule has 0 saturated carbocycles. The molecule has 3 aromatic rings. The van der Waals surface area contributed by atoms with E-state index in [1.165, 1.54) is 22.4 Å². The largest absolute Gasteiger partial charge is 0.316 e. The number of benzene rings is 2. The van der Waals surface area contributed by atoms with Gasteiger partial charge in [-0.3, -0.25) is 4.57 Å². The molecule has 2 aromatic carbocycles. The molecule has 21 heavy (non-hydrogen) atoms. The summed E-state index contributed by atoms with van der Waals surface area (Å²) in [5.74, 6) is 0. The molecule has 0 aliphatic heterocycles. The van der Waals surface area contributed by atoms with Crippen molar-refractivity contribution in [2.24, 2.45) is 0 Å². The second-order valence-electron chi connectivity index (χ2n) is 5.18. The molecule has 0 spiro atoms. The summed E-state index contributed by atoms with van der Waals surface area (Å²) in [6.45, 7) is 2.95. The number of hydrogen-bond acceptors (Lipinski definition) is 2. The van der Waals surface area contributed by atoms with Crippen molar-refractivity contribution in [1.82, 2.24) is 14.9 Å². The molecule has 0 fully saturated rings. The average Bonchev–Trinajstić information content (AvgIpc) is 2.97. The van der Waals surface area contributed by atoms with Gasteiger partial charge in [0.15, 0.2) is 0 Å². The molecule has 3 heteroatoms. The average molecular weight is 277 g/mol. The molecule has 0 aliphatic carbocycles. The summed E-state index contributed by atoms with van der Waals surface area (Å²) in [5, 5.41) is 3.22. The van der Waals surface area contributed by atoms with Crippen LogP contribution >= 0.6 is 0 Å². The predicted octanol–water partition coefficient (Wildman–Crippen LogP) is 3.57. The number of imidazole rings is 1. The van der Waals surface area contributed by atoms with Gasteiger partial charge in [-0.05, 0) is 31.7 Å². The first-order valence-corrected chi connectivity index (χ1v) is 7.12. The van der Waals surface area contributed by atoms with Crippen molar-refractivity contribution in [3.05, 3.63) is 72.2 Å². The zero-order valence-electron chi connectivity index (χ0n) is 12.4. The summed E-state index contributed by atoms with van der Waals surface area (Å²) in [4.78, 5) is 4.35. The van der Waals surface area contributed by atoms with E-state index in [4.69, 9.17) is 0 Å². The Labute approximate surface area is 125 Å². The first kappa shape index (κ1) is 13.6. The van der Waals surface area contributed by atoms with Crippen LogP contribution in [0.3, 0.4) is 0 Å². The van der Waals surface area contributed by atoms with Crippen LogP contribution in [0.5, 0.6) is 0 Å². The molecule has 0 amide bonds. The maximum absolute atomic E-state index is 4.35. The van der Waals surface area contributed by atoms with Gasteiger partial charge in [-0.1, -0.05) is 42.0 Å². The fourth-order valence-corrected chi connectivity index (χ4v) is 2.59. The van der Waals surface area contributed by atoms with Crippen LogP contribution in [0.2, 0.25) is 0 Å². The molecule has 0 saturated heterocycles. The van der Waals surface area contributed by atoms with Gasteiger partial charge in [0, 0.05) is 12.1 Å². The van der Waals surface area contributed by atoms with Crippen molar-refractivity contribution in [3.8, 4) is 16.9 Å². The summed E-state index contributed by atoms with van der Waals surface area (Å²) in [7, 11) is 1.96. The third-order valence-electron chi connectivity index (χ3n) is 3.57. The highest BCUT2D eigenvalue weighted by molar-refractivity contribution is 5.63. The lowest BCUT2D eigenvalue weighted by Gasteiger charge is -2.13. The number of nitrogens with one attached hydrogen (secondary N) is 1. The molecule has 0 radical (unpaired) electrons. The first-order valence-electron chi connectivity index (χ1n) is 7.12. The van der Waals surface area contributed by atoms with Gasteiger partial charge in [0.2, 0.25) is 0 Å². The summed E-state index contributed by atoms with van der Waals surface area (Å²) in [5.41, 5.74) is 5.98. The number of para-hydroxylation sites is 1. The lowest BCUT2D eigenvalue weighted by atomic mass is 10.1. The molecule has 0 bridgehead atoms. The van der Waals surface area contributed by atoms with E-state index in [2.05, 4.69) is 70.3 Å². The summed E-state index contributed by atoms with van der Waals surface area (Å²) in [6, 6.07) is 16.9. The monoisotopic (exact) mass is 277 g/mol. The van der Waals surface area contributed by atoms with Gasteiger partial charge >= 0.3 is 0 Å². The van der Waals surface area contributed by atoms with Crippen molar-refractivity contribution >= 4 is 0 Å². The van der Waals surface area contributed by atoms with Gasteiger partial charge in [0.05, 0.1) is 23.9 Å². The molecule has 0 aliphatic rings. The third-order valence-corrected chi connectivity index (χ3v) is 3.57. The number of aryl methyl sites for hydroxylation is 1. The van der Waals surface area contributed by atoms with Crippen LogP contribution in [0, 0.1) is 6.92 Å². The van der Waals surface area contributed by atoms with Crippen LogP contribution in [0.4, 0.5) is 0 Å². The van der Waals surface area contributed by atoms with E-state index in [9.17, 15) is 0 Å². The molecule has 0 atom stereocenters. The van der Waals surface area contributed by atoms with Crippen LogP contribution in [0.15, 0.2) is 61.1 Å². The van der Waals surface area contributed by atoms with Gasteiger partial charge in [0.25, 0.3) is 0 Å². The van der Waals surface area contributed by atoms with E-state index in [1.54, 1.807) is 0 Å². The zero-order chi connectivity index (χ0) is 14.7. The standard InChI is InChI=1S/C18H19N3/c1-14-6-5-8-15(10-14)18-12-20-13-21(18)17-9-4-3-7-16(17)11-19-2/h3-10,12-13,19H,11H2,1-2H3. The number of nitrogens with zero attached hydrogens (tertiary/aromatic N) is 2. The van der Waals surface area contributed by atoms with Gasteiger partial charge in [0.1, 0.15) is 0 Å². The molecule has 1 N–H and O–H groups in total. The van der Waals surface area contributed by atoms with Crippen LogP contribution in [0.25, 0.3) is 16.9 Å². The Kier molecular flexibility index (Phi) is 3.84. The zero-order valence-corrected chi connectivity index (χ0v) is 12.4. The Morgan fingerprint density at radius 2 is 1.95 bits per heavy atom. The van der Waals surface area contributed by atoms with Crippen molar-refractivity contribution in [2.75, 3.05) is 7.05 Å². The first-order chi connectivity index (χ1) is 10.3. The van der Waals surface area contributed by atoms with Crippen LogP contribution in [-0.4, -0.2) is 16.6 Å². The second kappa shape index (κ2) is 5.94. The van der Waals surface area contributed by atoms with E-state index in [1.807, 2.05) is 19.6 Å². The lowest BCUT2D eigenvalue weighted by Crippen LogP contribution is -2.09. The Morgan fingerprint density at radius 1 is 1.10 bits per heavy atom. The Hall–Kier alpha value is -2.39. The van der Waals surface area contributed by atoms with E-state index < -0.39 is 0 Å². The molecule has 106 valence electrons. The second-order valence-corrected chi connectivity index (χ2v) is 5.18. The van der Waals surface area contributed by atoms with Gasteiger partial charge in [-0.15, -0.1) is 0 Å². The predicted molar refractivity (Wildman–Crippen MR) is 86.5 cm³/mol. The van der Waals surface area contributed by atoms with Crippen molar-refractivity contribution in [1.29, 1.82) is 0 Å². The maximum Gasteiger partial charge on any atom is 0.0997 e.